The molecule has 0 saturated heterocycles. The van der Waals surface area contributed by atoms with Crippen LogP contribution >= 0.6 is 0 Å². The highest BCUT2D eigenvalue weighted by Gasteiger charge is 2.21. The first-order chi connectivity index (χ1) is 14.9. The lowest BCUT2D eigenvalue weighted by Crippen LogP contribution is -2.21. The first-order valence-electron chi connectivity index (χ1n) is 10.1. The molecule has 1 aliphatic heterocycles. The molecule has 162 valence electrons. The number of hydrogen-bond donors (Lipinski definition) is 1. The number of Topliss-reactive ketones (excluding diaryl/α,β-unsaturated/α-hetero) is 1. The molecule has 0 aliphatic carbocycles. The van der Waals surface area contributed by atoms with E-state index in [9.17, 15) is 14.4 Å². The lowest BCUT2D eigenvalue weighted by atomic mass is 10.1. The van der Waals surface area contributed by atoms with Crippen LogP contribution in [0.15, 0.2) is 42.5 Å². The van der Waals surface area contributed by atoms with Crippen molar-refractivity contribution in [2.24, 2.45) is 0 Å². The van der Waals surface area contributed by atoms with Crippen LogP contribution in [0, 0.1) is 0 Å². The molecule has 0 fully saturated rings. The molecule has 0 bridgehead atoms. The number of benzene rings is 2. The summed E-state index contributed by atoms with van der Waals surface area (Å²) in [6.45, 7) is 5.31. The summed E-state index contributed by atoms with van der Waals surface area (Å²) in [5.74, 6) is 0.0420. The Balaban J connectivity index is 1.60. The van der Waals surface area contributed by atoms with Crippen LogP contribution in [0.4, 0.5) is 5.69 Å². The molecule has 0 radical (unpaired) electrons. The van der Waals surface area contributed by atoms with Crippen molar-refractivity contribution in [2.75, 3.05) is 18.5 Å². The molecule has 0 saturated carbocycles. The van der Waals surface area contributed by atoms with E-state index in [4.69, 9.17) is 14.2 Å². The van der Waals surface area contributed by atoms with Crippen LogP contribution < -0.4 is 14.8 Å². The molecule has 2 aromatic carbocycles. The average molecular weight is 423 g/mol. The van der Waals surface area contributed by atoms with Gasteiger partial charge in [-0.2, -0.15) is 0 Å². The summed E-state index contributed by atoms with van der Waals surface area (Å²) >= 11 is 0. The van der Waals surface area contributed by atoms with Crippen LogP contribution in [0.25, 0.3) is 6.08 Å². The molecule has 3 rings (SSSR count). The molecule has 1 aliphatic rings. The Hall–Kier alpha value is -3.61. The zero-order valence-corrected chi connectivity index (χ0v) is 17.8. The zero-order valence-electron chi connectivity index (χ0n) is 17.8. The predicted octanol–water partition coefficient (Wildman–Crippen LogP) is 3.81. The molecule has 7 heteroatoms. The van der Waals surface area contributed by atoms with E-state index in [1.165, 1.54) is 13.0 Å². The first kappa shape index (κ1) is 22.1. The molecule has 1 N–H and O–H groups in total. The van der Waals surface area contributed by atoms with E-state index in [0.29, 0.717) is 29.2 Å². The van der Waals surface area contributed by atoms with Crippen LogP contribution in [0.2, 0.25) is 0 Å². The fourth-order valence-corrected chi connectivity index (χ4v) is 3.29. The van der Waals surface area contributed by atoms with Crippen molar-refractivity contribution < 1.29 is 28.6 Å². The largest absolute Gasteiger partial charge is 0.493 e. The Morgan fingerprint density at radius 3 is 2.74 bits per heavy atom. The maximum atomic E-state index is 12.1. The van der Waals surface area contributed by atoms with Crippen LogP contribution in [0.1, 0.15) is 42.3 Å². The second-order valence-electron chi connectivity index (χ2n) is 7.15. The van der Waals surface area contributed by atoms with Gasteiger partial charge in [-0.1, -0.05) is 12.1 Å². The molecule has 31 heavy (non-hydrogen) atoms. The summed E-state index contributed by atoms with van der Waals surface area (Å²) < 4.78 is 16.5. The number of ketones is 1. The normalized spacial score (nSPS) is 14.6. The third-order valence-electron chi connectivity index (χ3n) is 4.65. The maximum absolute atomic E-state index is 12.1. The molecule has 0 spiro atoms. The van der Waals surface area contributed by atoms with Gasteiger partial charge in [-0.15, -0.1) is 0 Å². The van der Waals surface area contributed by atoms with E-state index in [1.54, 1.807) is 30.3 Å². The number of fused-ring (bicyclic) bond motifs is 1. The Morgan fingerprint density at radius 1 is 1.23 bits per heavy atom. The van der Waals surface area contributed by atoms with Gasteiger partial charge in [0, 0.05) is 29.2 Å². The molecule has 1 heterocycles. The number of esters is 1. The van der Waals surface area contributed by atoms with Crippen molar-refractivity contribution in [1.29, 1.82) is 0 Å². The van der Waals surface area contributed by atoms with Gasteiger partial charge in [0.25, 0.3) is 5.91 Å². The van der Waals surface area contributed by atoms with Crippen molar-refractivity contribution in [2.45, 2.75) is 33.3 Å². The van der Waals surface area contributed by atoms with Crippen molar-refractivity contribution in [3.05, 3.63) is 59.2 Å². The average Bonchev–Trinajstić information content (AvgIpc) is 3.09. The summed E-state index contributed by atoms with van der Waals surface area (Å²) in [5.41, 5.74) is 2.52. The Morgan fingerprint density at radius 2 is 2.00 bits per heavy atom. The number of nitrogens with one attached hydrogen (secondary N) is 1. The van der Waals surface area contributed by atoms with E-state index in [2.05, 4.69) is 5.32 Å². The van der Waals surface area contributed by atoms with Crippen molar-refractivity contribution in [3.8, 4) is 11.5 Å². The van der Waals surface area contributed by atoms with Crippen molar-refractivity contribution in [1.82, 2.24) is 0 Å². The lowest BCUT2D eigenvalue weighted by molar-refractivity contribution is -0.142. The van der Waals surface area contributed by atoms with Gasteiger partial charge in [0.15, 0.2) is 12.4 Å². The van der Waals surface area contributed by atoms with Crippen LogP contribution in [-0.2, 0) is 20.7 Å². The zero-order chi connectivity index (χ0) is 22.4. The summed E-state index contributed by atoms with van der Waals surface area (Å²) in [5, 5.41) is 2.58. The third-order valence-corrected chi connectivity index (χ3v) is 4.65. The minimum atomic E-state index is -0.674. The quantitative estimate of drug-likeness (QED) is 0.394. The number of anilines is 1. The Labute approximate surface area is 181 Å². The molecule has 1 atom stereocenters. The summed E-state index contributed by atoms with van der Waals surface area (Å²) in [6.07, 6.45) is 3.71. The number of rotatable bonds is 8. The maximum Gasteiger partial charge on any atom is 0.331 e. The summed E-state index contributed by atoms with van der Waals surface area (Å²) in [4.78, 5) is 35.8. The van der Waals surface area contributed by atoms with Crippen LogP contribution in [0.5, 0.6) is 11.5 Å². The van der Waals surface area contributed by atoms with Crippen LogP contribution in [-0.4, -0.2) is 37.0 Å². The molecule has 7 nitrogen and oxygen atoms in total. The SMILES string of the molecule is CCOc1cc2c(cc1/C=C/C(=O)OCC(=O)Nc1ccccc1C(C)=O)O[C@@H](C)C2. The highest BCUT2D eigenvalue weighted by Crippen LogP contribution is 2.35. The van der Waals surface area contributed by atoms with Gasteiger partial charge in [-0.25, -0.2) is 4.79 Å². The molecule has 0 aromatic heterocycles. The van der Waals surface area contributed by atoms with Gasteiger partial charge in [-0.05, 0) is 51.1 Å². The number of carbonyl (C=O) groups is 3. The highest BCUT2D eigenvalue weighted by molar-refractivity contribution is 6.04. The van der Waals surface area contributed by atoms with Gasteiger partial charge >= 0.3 is 5.97 Å². The van der Waals surface area contributed by atoms with Gasteiger partial charge in [-0.3, -0.25) is 9.59 Å². The van der Waals surface area contributed by atoms with Crippen molar-refractivity contribution >= 4 is 29.4 Å². The molecule has 0 unspecified atom stereocenters. The topological polar surface area (TPSA) is 90.9 Å². The van der Waals surface area contributed by atoms with E-state index >= 15 is 0 Å². The second kappa shape index (κ2) is 9.93. The van der Waals surface area contributed by atoms with E-state index in [-0.39, 0.29) is 11.9 Å². The van der Waals surface area contributed by atoms with Gasteiger partial charge < -0.3 is 19.5 Å². The smallest absolute Gasteiger partial charge is 0.331 e. The lowest BCUT2D eigenvalue weighted by Gasteiger charge is -2.10. The van der Waals surface area contributed by atoms with Gasteiger partial charge in [0.2, 0.25) is 0 Å². The first-order valence-corrected chi connectivity index (χ1v) is 10.1. The van der Waals surface area contributed by atoms with Crippen molar-refractivity contribution in [3.63, 3.8) is 0 Å². The Bertz CT molecular complexity index is 1030. The van der Waals surface area contributed by atoms with E-state index in [1.807, 2.05) is 26.0 Å². The summed E-state index contributed by atoms with van der Waals surface area (Å²) in [7, 11) is 0. The molecular weight excluding hydrogens is 398 g/mol. The fraction of sp³-hybridized carbons (Fsp3) is 0.292. The van der Waals surface area contributed by atoms with E-state index < -0.39 is 18.5 Å². The number of para-hydroxylation sites is 1. The van der Waals surface area contributed by atoms with Gasteiger partial charge in [0.1, 0.15) is 17.6 Å². The van der Waals surface area contributed by atoms with E-state index in [0.717, 1.165) is 17.7 Å². The standard InChI is InChI=1S/C24H25NO6/c1-4-29-21-13-18-11-15(2)31-22(18)12-17(21)9-10-24(28)30-14-23(27)25-20-8-6-5-7-19(20)16(3)26/h5-10,12-13,15H,4,11,14H2,1-3H3,(H,25,27)/b10-9+/t15-/m0/s1. The summed E-state index contributed by atoms with van der Waals surface area (Å²) in [6, 6.07) is 10.4. The number of hydrogen-bond acceptors (Lipinski definition) is 6. The fourth-order valence-electron chi connectivity index (χ4n) is 3.29. The Kier molecular flexibility index (Phi) is 7.07. The van der Waals surface area contributed by atoms with Gasteiger partial charge in [0.05, 0.1) is 12.3 Å². The third kappa shape index (κ3) is 5.72. The molecular formula is C24H25NO6. The monoisotopic (exact) mass is 423 g/mol. The molecule has 2 aromatic rings. The predicted molar refractivity (Wildman–Crippen MR) is 116 cm³/mol. The number of ether oxygens (including phenoxy) is 3. The minimum Gasteiger partial charge on any atom is -0.493 e. The van der Waals surface area contributed by atoms with Crippen LogP contribution in [0.3, 0.4) is 0 Å². The minimum absolute atomic E-state index is 0.0975. The number of amides is 1. The second-order valence-corrected chi connectivity index (χ2v) is 7.15. The highest BCUT2D eigenvalue weighted by atomic mass is 16.5. The molecule has 1 amide bonds. The number of carbonyl (C=O) groups excluding carboxylic acids is 3.